The van der Waals surface area contributed by atoms with Crippen molar-refractivity contribution >= 4 is 56.4 Å². The van der Waals surface area contributed by atoms with Gasteiger partial charge in [-0.1, -0.05) is 11.6 Å². The first-order chi connectivity index (χ1) is 5.15. The molecule has 0 bridgehead atoms. The fourth-order valence-electron chi connectivity index (χ4n) is 0.662. The Kier molecular flexibility index (Phi) is 3.33. The minimum absolute atomic E-state index is 0.583. The number of halogens is 3. The normalized spacial score (nSPS) is 9.73. The summed E-state index contributed by atoms with van der Waals surface area (Å²) in [6.45, 7) is 0. The van der Waals surface area contributed by atoms with Crippen molar-refractivity contribution in [1.82, 2.24) is 0 Å². The molecule has 0 amide bonds. The summed E-state index contributed by atoms with van der Waals surface area (Å²) < 4.78 is 1.75. The van der Waals surface area contributed by atoms with Gasteiger partial charge in [0.2, 0.25) is 0 Å². The molecule has 0 atom stereocenters. The predicted molar refractivity (Wildman–Crippen MR) is 57.3 cm³/mol. The molecule has 0 saturated heterocycles. The zero-order valence-electron chi connectivity index (χ0n) is 5.27. The molecule has 0 spiro atoms. The fraction of sp³-hybridized carbons (Fsp3) is 0. The molecule has 11 heavy (non-hydrogen) atoms. The molecule has 0 aliphatic rings. The highest BCUT2D eigenvalue weighted by molar-refractivity contribution is 14.1. The molecule has 0 radical (unpaired) electrons. The average Bonchev–Trinajstić information content (AvgIpc) is 1.96. The zero-order chi connectivity index (χ0) is 8.43. The van der Waals surface area contributed by atoms with E-state index in [-0.39, 0.29) is 0 Å². The number of rotatable bonds is 1. The fourth-order valence-corrected chi connectivity index (χ4v) is 2.04. The summed E-state index contributed by atoms with van der Waals surface area (Å²) in [5, 5.41) is 0.583. The van der Waals surface area contributed by atoms with Gasteiger partial charge in [-0.25, -0.2) is 0 Å². The Morgan fingerprint density at radius 1 is 1.55 bits per heavy atom. The third kappa shape index (κ3) is 2.16. The van der Waals surface area contributed by atoms with Crippen molar-refractivity contribution in [2.75, 3.05) is 0 Å². The van der Waals surface area contributed by atoms with Gasteiger partial charge in [0, 0.05) is 18.6 Å². The van der Waals surface area contributed by atoms with Crippen LogP contribution in [0.2, 0.25) is 5.02 Å². The Bertz CT molecular complexity index is 301. The van der Waals surface area contributed by atoms with Crippen molar-refractivity contribution in [2.24, 2.45) is 0 Å². The maximum absolute atomic E-state index is 10.4. The number of carbonyl (C=O) groups is 1. The van der Waals surface area contributed by atoms with E-state index in [4.69, 9.17) is 11.6 Å². The Balaban J connectivity index is 3.35. The highest BCUT2D eigenvalue weighted by Crippen LogP contribution is 2.26. The molecule has 1 aromatic carbocycles. The molecule has 1 nitrogen and oxygen atoms in total. The van der Waals surface area contributed by atoms with Crippen LogP contribution in [0.25, 0.3) is 0 Å². The summed E-state index contributed by atoms with van der Waals surface area (Å²) in [4.78, 5) is 10.4. The molecule has 0 saturated carbocycles. The summed E-state index contributed by atoms with van der Waals surface area (Å²) >= 11 is 11.1. The molecule has 1 aromatic rings. The molecule has 0 fully saturated rings. The molecular weight excluding hydrogens is 342 g/mol. The van der Waals surface area contributed by atoms with Gasteiger partial charge in [-0.15, -0.1) is 0 Å². The van der Waals surface area contributed by atoms with Gasteiger partial charge in [0.1, 0.15) is 0 Å². The quantitative estimate of drug-likeness (QED) is 0.432. The van der Waals surface area contributed by atoms with Crippen LogP contribution in [0.3, 0.4) is 0 Å². The van der Waals surface area contributed by atoms with Crippen molar-refractivity contribution < 1.29 is 4.79 Å². The summed E-state index contributed by atoms with van der Waals surface area (Å²) in [7, 11) is 0. The van der Waals surface area contributed by atoms with Crippen LogP contribution < -0.4 is 0 Å². The van der Waals surface area contributed by atoms with Crippen LogP contribution in [-0.2, 0) is 0 Å². The van der Waals surface area contributed by atoms with Gasteiger partial charge in [0.15, 0.2) is 6.29 Å². The van der Waals surface area contributed by atoms with E-state index < -0.39 is 0 Å². The summed E-state index contributed by atoms with van der Waals surface area (Å²) in [6, 6.07) is 3.42. The highest BCUT2D eigenvalue weighted by Gasteiger charge is 2.03. The van der Waals surface area contributed by atoms with Gasteiger partial charge in [0.05, 0.1) is 0 Å². The molecule has 0 unspecified atom stereocenters. The average molecular weight is 345 g/mol. The van der Waals surface area contributed by atoms with Crippen LogP contribution in [0.15, 0.2) is 16.6 Å². The van der Waals surface area contributed by atoms with Crippen LogP contribution in [0.4, 0.5) is 0 Å². The van der Waals surface area contributed by atoms with Crippen molar-refractivity contribution in [2.45, 2.75) is 0 Å². The van der Waals surface area contributed by atoms with Crippen molar-refractivity contribution in [3.63, 3.8) is 0 Å². The second kappa shape index (κ2) is 3.87. The van der Waals surface area contributed by atoms with Gasteiger partial charge in [-0.3, -0.25) is 4.79 Å². The van der Waals surface area contributed by atoms with Crippen LogP contribution in [-0.4, -0.2) is 6.29 Å². The molecule has 0 N–H and O–H groups in total. The summed E-state index contributed by atoms with van der Waals surface area (Å²) in [6.07, 6.45) is 0.776. The van der Waals surface area contributed by atoms with Crippen LogP contribution >= 0.6 is 50.1 Å². The second-order valence-electron chi connectivity index (χ2n) is 1.91. The SMILES string of the molecule is O=Cc1cc(Cl)cc(I)c1Br. The minimum atomic E-state index is 0.583. The third-order valence-electron chi connectivity index (χ3n) is 1.15. The molecule has 0 heterocycles. The monoisotopic (exact) mass is 344 g/mol. The van der Waals surface area contributed by atoms with Gasteiger partial charge in [0.25, 0.3) is 0 Å². The van der Waals surface area contributed by atoms with E-state index in [1.165, 1.54) is 0 Å². The number of hydrogen-bond acceptors (Lipinski definition) is 1. The Labute approximate surface area is 91.4 Å². The maximum Gasteiger partial charge on any atom is 0.151 e. The maximum atomic E-state index is 10.4. The van der Waals surface area contributed by atoms with Gasteiger partial charge < -0.3 is 0 Å². The number of benzene rings is 1. The molecular formula is C7H3BrClIO. The largest absolute Gasteiger partial charge is 0.298 e. The van der Waals surface area contributed by atoms with Crippen LogP contribution in [0.5, 0.6) is 0 Å². The lowest BCUT2D eigenvalue weighted by Crippen LogP contribution is -1.85. The molecule has 4 heteroatoms. The summed E-state index contributed by atoms with van der Waals surface area (Å²) in [5.41, 5.74) is 0.585. The zero-order valence-corrected chi connectivity index (χ0v) is 9.77. The molecule has 0 aromatic heterocycles. The van der Waals surface area contributed by atoms with E-state index in [0.717, 1.165) is 14.3 Å². The van der Waals surface area contributed by atoms with E-state index in [0.29, 0.717) is 10.6 Å². The topological polar surface area (TPSA) is 17.1 Å². The van der Waals surface area contributed by atoms with E-state index in [1.54, 1.807) is 12.1 Å². The van der Waals surface area contributed by atoms with Crippen molar-refractivity contribution in [3.05, 3.63) is 30.8 Å². The van der Waals surface area contributed by atoms with Gasteiger partial charge in [-0.2, -0.15) is 0 Å². The van der Waals surface area contributed by atoms with Crippen LogP contribution in [0, 0.1) is 3.57 Å². The van der Waals surface area contributed by atoms with Crippen molar-refractivity contribution in [1.29, 1.82) is 0 Å². The first kappa shape index (κ1) is 9.48. The lowest BCUT2D eigenvalue weighted by molar-refractivity contribution is 0.112. The van der Waals surface area contributed by atoms with E-state index >= 15 is 0 Å². The predicted octanol–water partition coefficient (Wildman–Crippen LogP) is 3.52. The molecule has 0 aliphatic heterocycles. The van der Waals surface area contributed by atoms with E-state index in [1.807, 2.05) is 0 Å². The van der Waals surface area contributed by atoms with E-state index in [2.05, 4.69) is 38.5 Å². The summed E-state index contributed by atoms with van der Waals surface area (Å²) in [5.74, 6) is 0. The molecule has 58 valence electrons. The van der Waals surface area contributed by atoms with Crippen LogP contribution in [0.1, 0.15) is 10.4 Å². The first-order valence-corrected chi connectivity index (χ1v) is 5.00. The van der Waals surface area contributed by atoms with Gasteiger partial charge in [-0.05, 0) is 50.7 Å². The Morgan fingerprint density at radius 2 is 2.18 bits per heavy atom. The number of hydrogen-bond donors (Lipinski definition) is 0. The second-order valence-corrected chi connectivity index (χ2v) is 4.30. The number of carbonyl (C=O) groups excluding carboxylic acids is 1. The minimum Gasteiger partial charge on any atom is -0.298 e. The van der Waals surface area contributed by atoms with E-state index in [9.17, 15) is 4.79 Å². The highest BCUT2D eigenvalue weighted by atomic mass is 127. The Hall–Kier alpha value is 0.390. The first-order valence-electron chi connectivity index (χ1n) is 2.75. The molecule has 1 rings (SSSR count). The van der Waals surface area contributed by atoms with Crippen molar-refractivity contribution in [3.8, 4) is 0 Å². The lowest BCUT2D eigenvalue weighted by Gasteiger charge is -1.99. The molecule has 0 aliphatic carbocycles. The number of aldehydes is 1. The third-order valence-corrected chi connectivity index (χ3v) is 3.84. The van der Waals surface area contributed by atoms with Gasteiger partial charge >= 0.3 is 0 Å². The standard InChI is InChI=1S/C7H3BrClIO/c8-7-4(3-11)1-5(9)2-6(7)10/h1-3H. The Morgan fingerprint density at radius 3 is 2.73 bits per heavy atom. The smallest absolute Gasteiger partial charge is 0.151 e. The lowest BCUT2D eigenvalue weighted by atomic mass is 10.2.